The van der Waals surface area contributed by atoms with E-state index in [-0.39, 0.29) is 117 Å². The van der Waals surface area contributed by atoms with Gasteiger partial charge in [-0.2, -0.15) is 0 Å². The Balaban J connectivity index is -0.000000000238. The first-order valence-corrected chi connectivity index (χ1v) is 0.636. The molecule has 5 heteroatoms. The molecule has 0 saturated heterocycles. The van der Waals surface area contributed by atoms with Crippen LogP contribution in [0.1, 0.15) is 5.71 Å². The summed E-state index contributed by atoms with van der Waals surface area (Å²) in [4.78, 5) is 0. The average Bonchev–Trinajstić information content (AvgIpc) is 1.00. The number of rotatable bonds is 0. The fourth-order valence-electron chi connectivity index (χ4n) is 0. The Hall–Kier alpha value is 3.89. The van der Waals surface area contributed by atoms with Crippen molar-refractivity contribution in [2.75, 3.05) is 0 Å². The summed E-state index contributed by atoms with van der Waals surface area (Å²) in [6.45, 7) is 0. The van der Waals surface area contributed by atoms with Crippen LogP contribution in [0.3, 0.4) is 0 Å². The molecule has 0 bridgehead atoms. The maximum absolute atomic E-state index is 8.06. The second kappa shape index (κ2) is 24.8. The molecule has 1 radical (unpaired) electrons. The van der Waals surface area contributed by atoms with E-state index in [9.17, 15) is 0 Å². The van der Waals surface area contributed by atoms with Gasteiger partial charge in [0.25, 0.3) is 0 Å². The summed E-state index contributed by atoms with van der Waals surface area (Å²) in [5.41, 5.74) is 0. The van der Waals surface area contributed by atoms with Crippen molar-refractivity contribution in [2.45, 2.75) is 0 Å². The van der Waals surface area contributed by atoms with Crippen LogP contribution in [0.25, 0.3) is 0 Å². The van der Waals surface area contributed by atoms with E-state index in [1.54, 1.807) is 15.9 Å². The van der Waals surface area contributed by atoms with E-state index in [1.165, 1.54) is 0 Å². The molecule has 0 aromatic rings. The minimum atomic E-state index is 0. The molecule has 0 aromatic carbocycles. The van der Waals surface area contributed by atoms with Crippen LogP contribution in [0.15, 0.2) is 0 Å². The van der Waals surface area contributed by atoms with Crippen LogP contribution in [0.4, 0.5) is 0 Å². The van der Waals surface area contributed by atoms with Crippen molar-refractivity contribution in [3.63, 3.8) is 0 Å². The summed E-state index contributed by atoms with van der Waals surface area (Å²) in [7, 11) is 0. The smallest absolute Gasteiger partial charge is 2.00 e. The predicted molar refractivity (Wildman–Crippen MR) is 16.6 cm³/mol. The minimum Gasteiger partial charge on any atom is 2.00 e. The van der Waals surface area contributed by atoms with Gasteiger partial charge >= 0.3 is 114 Å². The molecule has 0 aliphatic carbocycles. The largest absolute Gasteiger partial charge is 2.00 e. The minimum absolute atomic E-state index is 0. The molecule has 0 fully saturated rings. The molecule has 0 saturated carbocycles. The normalized spacial score (nSPS) is 0.800. The topological polar surface area (TPSA) is 17.1 Å². The van der Waals surface area contributed by atoms with Crippen molar-refractivity contribution in [1.82, 2.24) is 0 Å². The number of hydrogen-bond donors (Lipinski definition) is 0. The molecule has 0 unspecified atom stereocenters. The van der Waals surface area contributed by atoms with Gasteiger partial charge < -0.3 is 5.71 Å². The Morgan fingerprint density at radius 3 is 1.40 bits per heavy atom. The van der Waals surface area contributed by atoms with Crippen LogP contribution in [-0.2, 0) is 36.8 Å². The van der Waals surface area contributed by atoms with Gasteiger partial charge in [0.05, 0.1) is 0 Å². The first-order valence-electron chi connectivity index (χ1n) is 0.154. The van der Waals surface area contributed by atoms with Crippen LogP contribution in [0.5, 0.6) is 0 Å². The first kappa shape index (κ1) is 23.1. The van der Waals surface area contributed by atoms with Gasteiger partial charge in [-0.1, -0.05) is 0 Å². The van der Waals surface area contributed by atoms with E-state index in [4.69, 9.17) is 3.83 Å². The van der Waals surface area contributed by atoms with Gasteiger partial charge in [0.1, 0.15) is 0 Å². The van der Waals surface area contributed by atoms with Crippen LogP contribution in [0, 0.1) is 0 Å². The molecule has 0 aliphatic rings. The van der Waals surface area contributed by atoms with Gasteiger partial charge in [-0.3, -0.25) is 0 Å². The van der Waals surface area contributed by atoms with Gasteiger partial charge in [0.2, 0.25) is 0 Å². The molecular weight excluding hydrogens is 359 g/mol. The van der Waals surface area contributed by atoms with E-state index in [0.29, 0.717) is 0 Å². The van der Waals surface area contributed by atoms with Gasteiger partial charge in [0.15, 0.2) is 0 Å². The molecule has 1 nitrogen and oxygen atoms in total. The summed E-state index contributed by atoms with van der Waals surface area (Å²) in [5, 5.41) is 0. The van der Waals surface area contributed by atoms with Gasteiger partial charge in [0, 0.05) is 17.1 Å². The Labute approximate surface area is 133 Å². The van der Waals surface area contributed by atoms with E-state index < -0.39 is 0 Å². The van der Waals surface area contributed by atoms with E-state index >= 15 is 0 Å². The van der Waals surface area contributed by atoms with Crippen molar-refractivity contribution in [3.8, 4) is 0 Å². The van der Waals surface area contributed by atoms with E-state index in [2.05, 4.69) is 0 Å². The maximum Gasteiger partial charge on any atom is 2.00 e. The van der Waals surface area contributed by atoms with Crippen molar-refractivity contribution in [1.29, 1.82) is 0 Å². The monoisotopic (exact) mass is 364 g/mol. The van der Waals surface area contributed by atoms with Crippen molar-refractivity contribution in [3.05, 3.63) is 0 Å². The fraction of sp³-hybridized carbons (Fsp3) is 0. The molecule has 0 atom stereocenters. The third-order valence-electron chi connectivity index (χ3n) is 0. The average molecular weight is 363 g/mol. The summed E-state index contributed by atoms with van der Waals surface area (Å²) in [5.74, 6) is 0. The zero-order valence-electron chi connectivity index (χ0n) is 6.50. The van der Waals surface area contributed by atoms with Crippen molar-refractivity contribution in [2.24, 2.45) is 0 Å². The fourth-order valence-corrected chi connectivity index (χ4v) is 0. The Morgan fingerprint density at radius 2 is 1.40 bits per heavy atom. The predicted octanol–water partition coefficient (Wildman–Crippen LogP) is -0.435. The van der Waals surface area contributed by atoms with Crippen LogP contribution in [0.2, 0.25) is 0 Å². The summed E-state index contributed by atoms with van der Waals surface area (Å²) < 4.78 is 8.06. The maximum atomic E-state index is 8.06. The molecule has 0 aliphatic heterocycles. The molecule has 0 heterocycles. The van der Waals surface area contributed by atoms with Crippen LogP contribution < -0.4 is 0 Å². The molecular formula is H4BaCuMnOSr. The summed E-state index contributed by atoms with van der Waals surface area (Å²) in [6, 6.07) is 0. The van der Waals surface area contributed by atoms with E-state index in [0.717, 1.165) is 0 Å². The SMILES string of the molecule is [Ba+2].[Cu].[H-].[H-].[H-].[H-].[O]=[Mn].[Sr+2]. The molecule has 0 aromatic heterocycles. The van der Waals surface area contributed by atoms with Crippen LogP contribution >= 0.6 is 0 Å². The first-order chi connectivity index (χ1) is 1.00. The standard InChI is InChI=1S/Ba.Cu.Mn.O.Sr.4H/q+2;;;;+2;4*-1. The Morgan fingerprint density at radius 1 is 1.40 bits per heavy atom. The molecule has 0 rings (SSSR count). The quantitative estimate of drug-likeness (QED) is 0.534. The zero-order valence-corrected chi connectivity index (χ0v) is 12.5. The second-order valence-electron chi connectivity index (χ2n) is 0. The molecule has 32 valence electrons. The molecule has 5 heavy (non-hydrogen) atoms. The van der Waals surface area contributed by atoms with Crippen molar-refractivity contribution < 1.29 is 42.6 Å². The zero-order chi connectivity index (χ0) is 2.00. The molecule has 0 spiro atoms. The Bertz CT molecular complexity index is 20.5. The van der Waals surface area contributed by atoms with E-state index in [1.807, 2.05) is 0 Å². The molecule has 0 N–H and O–H groups in total. The Kier molecular flexibility index (Phi) is 115. The van der Waals surface area contributed by atoms with Gasteiger partial charge in [-0.15, -0.1) is 0 Å². The van der Waals surface area contributed by atoms with Crippen molar-refractivity contribution >= 4 is 94.4 Å². The molecule has 0 amide bonds. The third-order valence-corrected chi connectivity index (χ3v) is 0. The number of hydrogen-bond acceptors (Lipinski definition) is 1. The summed E-state index contributed by atoms with van der Waals surface area (Å²) >= 11 is 1.69. The van der Waals surface area contributed by atoms with Gasteiger partial charge in [-0.25, -0.2) is 0 Å². The third kappa shape index (κ3) is 18.1. The van der Waals surface area contributed by atoms with Gasteiger partial charge in [-0.05, 0) is 0 Å². The van der Waals surface area contributed by atoms with Crippen LogP contribution in [-0.4, -0.2) is 94.4 Å². The second-order valence-corrected chi connectivity index (χ2v) is 0. The summed E-state index contributed by atoms with van der Waals surface area (Å²) in [6.07, 6.45) is 0.